The Kier molecular flexibility index (Phi) is 4.92. The number of nitrogens with two attached hydrogens (primary N) is 1. The van der Waals surface area contributed by atoms with Gasteiger partial charge in [0, 0.05) is 30.4 Å². The number of rotatable bonds is 3. The van der Waals surface area contributed by atoms with Crippen molar-refractivity contribution in [2.75, 3.05) is 12.8 Å². The summed E-state index contributed by atoms with van der Waals surface area (Å²) in [7, 11) is -3.33. The Morgan fingerprint density at radius 2 is 2.05 bits per heavy atom. The number of benzene rings is 1. The van der Waals surface area contributed by atoms with Crippen molar-refractivity contribution in [1.82, 2.24) is 4.90 Å². The molecule has 1 saturated heterocycles. The van der Waals surface area contributed by atoms with E-state index in [1.165, 1.54) is 6.07 Å². The quantitative estimate of drug-likeness (QED) is 0.918. The molecular weight excluding hydrogens is 300 g/mol. The molecule has 1 fully saturated rings. The number of carbonyl (C=O) groups excluding carboxylic acids is 1. The van der Waals surface area contributed by atoms with E-state index in [4.69, 9.17) is 5.73 Å². The fourth-order valence-electron chi connectivity index (χ4n) is 2.97. The van der Waals surface area contributed by atoms with Crippen LogP contribution < -0.4 is 5.73 Å². The number of carbonyl (C=O) groups is 1. The predicted octanol–water partition coefficient (Wildman–Crippen LogP) is 1.74. The lowest BCUT2D eigenvalue weighted by atomic mass is 9.95. The number of hydrogen-bond acceptors (Lipinski definition) is 4. The SMILES string of the molecule is Cc1ccc(S(C)(=O)=O)cc1C(=O)N1CCCC[C@@H]1[C@H](C)N. The van der Waals surface area contributed by atoms with Crippen LogP contribution in [0.1, 0.15) is 42.1 Å². The van der Waals surface area contributed by atoms with E-state index in [0.717, 1.165) is 31.1 Å². The lowest BCUT2D eigenvalue weighted by Crippen LogP contribution is -2.51. The normalized spacial score (nSPS) is 20.7. The number of likely N-dealkylation sites (tertiary alicyclic amines) is 1. The van der Waals surface area contributed by atoms with Gasteiger partial charge in [-0.1, -0.05) is 6.07 Å². The third-order valence-electron chi connectivity index (χ3n) is 4.28. The molecule has 2 atom stereocenters. The number of nitrogens with zero attached hydrogens (tertiary/aromatic N) is 1. The van der Waals surface area contributed by atoms with Gasteiger partial charge in [0.1, 0.15) is 0 Å². The predicted molar refractivity (Wildman–Crippen MR) is 86.6 cm³/mol. The summed E-state index contributed by atoms with van der Waals surface area (Å²) < 4.78 is 23.4. The van der Waals surface area contributed by atoms with E-state index in [1.54, 1.807) is 12.1 Å². The van der Waals surface area contributed by atoms with Crippen LogP contribution in [0, 0.1) is 6.92 Å². The highest BCUT2D eigenvalue weighted by molar-refractivity contribution is 7.90. The molecular formula is C16H24N2O3S. The maximum Gasteiger partial charge on any atom is 0.254 e. The average Bonchev–Trinajstić information content (AvgIpc) is 2.45. The van der Waals surface area contributed by atoms with Gasteiger partial charge in [-0.3, -0.25) is 4.79 Å². The van der Waals surface area contributed by atoms with Gasteiger partial charge in [-0.2, -0.15) is 0 Å². The van der Waals surface area contributed by atoms with Crippen LogP contribution in [-0.4, -0.2) is 44.1 Å². The van der Waals surface area contributed by atoms with Crippen molar-refractivity contribution < 1.29 is 13.2 Å². The molecule has 0 radical (unpaired) electrons. The molecule has 0 bridgehead atoms. The molecule has 1 aromatic rings. The lowest BCUT2D eigenvalue weighted by Gasteiger charge is -2.38. The molecule has 6 heteroatoms. The van der Waals surface area contributed by atoms with Crippen LogP contribution in [0.15, 0.2) is 23.1 Å². The smallest absolute Gasteiger partial charge is 0.254 e. The molecule has 0 aliphatic carbocycles. The minimum absolute atomic E-state index is 0.0162. The van der Waals surface area contributed by atoms with Gasteiger partial charge in [0.15, 0.2) is 9.84 Å². The Morgan fingerprint density at radius 3 is 2.64 bits per heavy atom. The Labute approximate surface area is 132 Å². The Balaban J connectivity index is 2.40. The van der Waals surface area contributed by atoms with Crippen LogP contribution in [0.2, 0.25) is 0 Å². The van der Waals surface area contributed by atoms with Crippen LogP contribution in [0.25, 0.3) is 0 Å². The number of amides is 1. The first-order valence-corrected chi connectivity index (χ1v) is 9.48. The molecule has 22 heavy (non-hydrogen) atoms. The highest BCUT2D eigenvalue weighted by Crippen LogP contribution is 2.24. The number of piperidine rings is 1. The minimum atomic E-state index is -3.33. The van der Waals surface area contributed by atoms with E-state index < -0.39 is 9.84 Å². The van der Waals surface area contributed by atoms with E-state index in [9.17, 15) is 13.2 Å². The second kappa shape index (κ2) is 6.38. The molecule has 0 saturated carbocycles. The molecule has 0 unspecified atom stereocenters. The molecule has 2 N–H and O–H groups in total. The molecule has 1 amide bonds. The van der Waals surface area contributed by atoms with E-state index in [1.807, 2.05) is 18.7 Å². The Morgan fingerprint density at radius 1 is 1.36 bits per heavy atom. The van der Waals surface area contributed by atoms with Crippen molar-refractivity contribution in [1.29, 1.82) is 0 Å². The van der Waals surface area contributed by atoms with Crippen molar-refractivity contribution in [3.8, 4) is 0 Å². The summed E-state index contributed by atoms with van der Waals surface area (Å²) >= 11 is 0. The number of sulfone groups is 1. The highest BCUT2D eigenvalue weighted by Gasteiger charge is 2.30. The molecule has 0 aromatic heterocycles. The summed E-state index contributed by atoms with van der Waals surface area (Å²) in [6.45, 7) is 4.41. The first-order chi connectivity index (χ1) is 10.2. The second-order valence-electron chi connectivity index (χ2n) is 6.17. The summed E-state index contributed by atoms with van der Waals surface area (Å²) in [6, 6.07) is 4.64. The third kappa shape index (κ3) is 3.50. The molecule has 5 nitrogen and oxygen atoms in total. The van der Waals surface area contributed by atoms with Crippen molar-refractivity contribution in [2.24, 2.45) is 5.73 Å². The van der Waals surface area contributed by atoms with E-state index >= 15 is 0 Å². The zero-order valence-electron chi connectivity index (χ0n) is 13.4. The third-order valence-corrected chi connectivity index (χ3v) is 5.39. The summed E-state index contributed by atoms with van der Waals surface area (Å²) in [5.41, 5.74) is 7.26. The minimum Gasteiger partial charge on any atom is -0.334 e. The summed E-state index contributed by atoms with van der Waals surface area (Å²) in [6.07, 6.45) is 4.07. The van der Waals surface area contributed by atoms with E-state index in [2.05, 4.69) is 0 Å². The fraction of sp³-hybridized carbons (Fsp3) is 0.562. The van der Waals surface area contributed by atoms with Gasteiger partial charge in [0.05, 0.1) is 4.90 Å². The molecule has 1 heterocycles. The Bertz CT molecular complexity index is 668. The Hall–Kier alpha value is -1.40. The maximum atomic E-state index is 12.9. The van der Waals surface area contributed by atoms with Crippen molar-refractivity contribution in [3.63, 3.8) is 0 Å². The number of hydrogen-bond donors (Lipinski definition) is 1. The monoisotopic (exact) mass is 324 g/mol. The van der Waals surface area contributed by atoms with Gasteiger partial charge in [0.2, 0.25) is 0 Å². The summed E-state index contributed by atoms with van der Waals surface area (Å²) in [5.74, 6) is -0.120. The first kappa shape index (κ1) is 17.0. The zero-order valence-corrected chi connectivity index (χ0v) is 14.2. The van der Waals surface area contributed by atoms with Gasteiger partial charge in [-0.25, -0.2) is 8.42 Å². The van der Waals surface area contributed by atoms with Crippen molar-refractivity contribution >= 4 is 15.7 Å². The van der Waals surface area contributed by atoms with Crippen LogP contribution in [-0.2, 0) is 9.84 Å². The zero-order chi connectivity index (χ0) is 16.5. The molecule has 1 aliphatic heterocycles. The summed E-state index contributed by atoms with van der Waals surface area (Å²) in [5, 5.41) is 0. The van der Waals surface area contributed by atoms with Gasteiger partial charge in [0.25, 0.3) is 5.91 Å². The maximum absolute atomic E-state index is 12.9. The lowest BCUT2D eigenvalue weighted by molar-refractivity contribution is 0.0583. The molecule has 2 rings (SSSR count). The van der Waals surface area contributed by atoms with E-state index in [0.29, 0.717) is 12.1 Å². The van der Waals surface area contributed by atoms with Crippen LogP contribution in [0.3, 0.4) is 0 Å². The highest BCUT2D eigenvalue weighted by atomic mass is 32.2. The van der Waals surface area contributed by atoms with E-state index in [-0.39, 0.29) is 22.9 Å². The van der Waals surface area contributed by atoms with Crippen LogP contribution in [0.4, 0.5) is 0 Å². The average molecular weight is 324 g/mol. The van der Waals surface area contributed by atoms with Gasteiger partial charge in [-0.15, -0.1) is 0 Å². The molecule has 1 aliphatic rings. The summed E-state index contributed by atoms with van der Waals surface area (Å²) in [4.78, 5) is 14.9. The molecule has 1 aromatic carbocycles. The van der Waals surface area contributed by atoms with Gasteiger partial charge < -0.3 is 10.6 Å². The molecule has 0 spiro atoms. The standard InChI is InChI=1S/C16H24N2O3S/c1-11-7-8-13(22(3,20)21)10-14(11)16(19)18-9-5-4-6-15(18)12(2)17/h7-8,10,12,15H,4-6,9,17H2,1-3H3/t12-,15+/m0/s1. The van der Waals surface area contributed by atoms with Crippen molar-refractivity contribution in [3.05, 3.63) is 29.3 Å². The van der Waals surface area contributed by atoms with Crippen LogP contribution >= 0.6 is 0 Å². The number of aryl methyl sites for hydroxylation is 1. The van der Waals surface area contributed by atoms with Crippen molar-refractivity contribution in [2.45, 2.75) is 50.1 Å². The topological polar surface area (TPSA) is 80.5 Å². The second-order valence-corrected chi connectivity index (χ2v) is 8.19. The first-order valence-electron chi connectivity index (χ1n) is 7.59. The fourth-order valence-corrected chi connectivity index (χ4v) is 3.62. The van der Waals surface area contributed by atoms with Crippen LogP contribution in [0.5, 0.6) is 0 Å². The van der Waals surface area contributed by atoms with Gasteiger partial charge in [-0.05, 0) is 50.8 Å². The molecule has 122 valence electrons. The largest absolute Gasteiger partial charge is 0.334 e. The van der Waals surface area contributed by atoms with Gasteiger partial charge >= 0.3 is 0 Å².